The summed E-state index contributed by atoms with van der Waals surface area (Å²) in [7, 11) is 4.12. The highest BCUT2D eigenvalue weighted by Gasteiger charge is 2.24. The molecule has 0 unspecified atom stereocenters. The van der Waals surface area contributed by atoms with Crippen molar-refractivity contribution in [2.24, 2.45) is 0 Å². The summed E-state index contributed by atoms with van der Waals surface area (Å²) >= 11 is 6.06. The number of anilines is 1. The lowest BCUT2D eigenvalue weighted by molar-refractivity contribution is -0.119. The Balaban J connectivity index is 2.08. The number of aromatic nitrogens is 1. The molecule has 2 aromatic rings. The molecule has 0 aliphatic heterocycles. The third kappa shape index (κ3) is 4.80. The topological polar surface area (TPSA) is 116 Å². The van der Waals surface area contributed by atoms with E-state index in [1.807, 2.05) is 0 Å². The van der Waals surface area contributed by atoms with Gasteiger partial charge in [0.25, 0.3) is 5.91 Å². The summed E-state index contributed by atoms with van der Waals surface area (Å²) in [5.41, 5.74) is 1.45. The standard InChI is InChI=1S/C19H21ClN2O7/c1-9-16(18(24)28-5)10(2)21-17(9)19(25)29-8-15(23)22-12-6-11(20)13(26-3)7-14(12)27-4/h6-7,21H,8H2,1-5H3,(H,22,23). The first-order chi connectivity index (χ1) is 13.7. The molecule has 1 heterocycles. The molecular weight excluding hydrogens is 404 g/mol. The van der Waals surface area contributed by atoms with Gasteiger partial charge >= 0.3 is 11.9 Å². The number of nitrogens with one attached hydrogen (secondary N) is 2. The smallest absolute Gasteiger partial charge is 0.355 e. The van der Waals surface area contributed by atoms with Gasteiger partial charge in [-0.05, 0) is 25.5 Å². The van der Waals surface area contributed by atoms with Gasteiger partial charge in [-0.25, -0.2) is 9.59 Å². The first-order valence-electron chi connectivity index (χ1n) is 8.39. The normalized spacial score (nSPS) is 10.3. The van der Waals surface area contributed by atoms with Gasteiger partial charge in [0.1, 0.15) is 17.2 Å². The zero-order valence-corrected chi connectivity index (χ0v) is 17.4. The van der Waals surface area contributed by atoms with Gasteiger partial charge < -0.3 is 29.2 Å². The number of aromatic amines is 1. The van der Waals surface area contributed by atoms with E-state index >= 15 is 0 Å². The van der Waals surface area contributed by atoms with Crippen LogP contribution in [0.1, 0.15) is 32.1 Å². The van der Waals surface area contributed by atoms with Crippen molar-refractivity contribution >= 4 is 35.1 Å². The highest BCUT2D eigenvalue weighted by molar-refractivity contribution is 6.32. The molecule has 0 radical (unpaired) electrons. The van der Waals surface area contributed by atoms with Crippen LogP contribution >= 0.6 is 11.6 Å². The molecule has 2 rings (SSSR count). The minimum absolute atomic E-state index is 0.0702. The van der Waals surface area contributed by atoms with Crippen molar-refractivity contribution in [3.63, 3.8) is 0 Å². The molecule has 0 spiro atoms. The van der Waals surface area contributed by atoms with Crippen LogP contribution in [0.15, 0.2) is 12.1 Å². The Kier molecular flexibility index (Phi) is 7.11. The van der Waals surface area contributed by atoms with E-state index in [9.17, 15) is 14.4 Å². The van der Waals surface area contributed by atoms with Gasteiger partial charge in [0.15, 0.2) is 6.61 Å². The molecular formula is C19H21ClN2O7. The number of amides is 1. The van der Waals surface area contributed by atoms with Gasteiger partial charge in [-0.3, -0.25) is 4.79 Å². The summed E-state index contributed by atoms with van der Waals surface area (Å²) in [6, 6.07) is 2.98. The second-order valence-electron chi connectivity index (χ2n) is 5.93. The van der Waals surface area contributed by atoms with Crippen molar-refractivity contribution in [3.8, 4) is 11.5 Å². The maximum atomic E-state index is 12.3. The lowest BCUT2D eigenvalue weighted by Crippen LogP contribution is -2.21. The number of carbonyl (C=O) groups is 3. The van der Waals surface area contributed by atoms with E-state index in [0.717, 1.165) is 0 Å². The number of hydrogen-bond donors (Lipinski definition) is 2. The monoisotopic (exact) mass is 424 g/mol. The maximum Gasteiger partial charge on any atom is 0.355 e. The molecule has 0 aliphatic carbocycles. The minimum atomic E-state index is -0.782. The van der Waals surface area contributed by atoms with Crippen LogP contribution in [0.25, 0.3) is 0 Å². The highest BCUT2D eigenvalue weighted by Crippen LogP contribution is 2.35. The van der Waals surface area contributed by atoms with E-state index < -0.39 is 24.5 Å². The van der Waals surface area contributed by atoms with Gasteiger partial charge in [-0.1, -0.05) is 11.6 Å². The first-order valence-corrected chi connectivity index (χ1v) is 8.77. The SMILES string of the molecule is COC(=O)c1c(C)[nH]c(C(=O)OCC(=O)Nc2cc(Cl)c(OC)cc2OC)c1C. The number of hydrogen-bond acceptors (Lipinski definition) is 7. The molecule has 1 amide bonds. The Morgan fingerprint density at radius 2 is 1.69 bits per heavy atom. The van der Waals surface area contributed by atoms with Crippen molar-refractivity contribution < 1.29 is 33.3 Å². The number of rotatable bonds is 7. The summed E-state index contributed by atoms with van der Waals surface area (Å²) in [5.74, 6) is -1.25. The van der Waals surface area contributed by atoms with Gasteiger partial charge in [0.05, 0.1) is 37.6 Å². The van der Waals surface area contributed by atoms with Crippen LogP contribution in [0, 0.1) is 13.8 Å². The minimum Gasteiger partial charge on any atom is -0.495 e. The molecule has 0 saturated heterocycles. The quantitative estimate of drug-likeness (QED) is 0.656. The number of halogens is 1. The zero-order valence-electron chi connectivity index (χ0n) is 16.6. The van der Waals surface area contributed by atoms with Crippen LogP contribution in [-0.4, -0.2) is 50.8 Å². The molecule has 0 saturated carbocycles. The van der Waals surface area contributed by atoms with E-state index in [0.29, 0.717) is 28.4 Å². The van der Waals surface area contributed by atoms with Crippen LogP contribution < -0.4 is 14.8 Å². The summed E-state index contributed by atoms with van der Waals surface area (Å²) in [6.07, 6.45) is 0. The van der Waals surface area contributed by atoms with Crippen LogP contribution in [0.4, 0.5) is 5.69 Å². The van der Waals surface area contributed by atoms with Crippen molar-refractivity contribution in [3.05, 3.63) is 39.7 Å². The largest absolute Gasteiger partial charge is 0.495 e. The average Bonchev–Trinajstić information content (AvgIpc) is 3.00. The van der Waals surface area contributed by atoms with E-state index in [1.54, 1.807) is 13.8 Å². The van der Waals surface area contributed by atoms with Crippen LogP contribution in [-0.2, 0) is 14.3 Å². The van der Waals surface area contributed by atoms with Gasteiger partial charge in [0.2, 0.25) is 0 Å². The fourth-order valence-electron chi connectivity index (χ4n) is 2.71. The van der Waals surface area contributed by atoms with Crippen molar-refractivity contribution in [2.45, 2.75) is 13.8 Å². The fourth-order valence-corrected chi connectivity index (χ4v) is 2.95. The average molecular weight is 425 g/mol. The molecule has 1 aromatic heterocycles. The van der Waals surface area contributed by atoms with Gasteiger partial charge in [-0.2, -0.15) is 0 Å². The Hall–Kier alpha value is -3.20. The van der Waals surface area contributed by atoms with E-state index in [2.05, 4.69) is 10.3 Å². The number of methoxy groups -OCH3 is 3. The number of esters is 2. The van der Waals surface area contributed by atoms with Gasteiger partial charge in [-0.15, -0.1) is 0 Å². The Morgan fingerprint density at radius 3 is 2.28 bits per heavy atom. The first kappa shape index (κ1) is 22.1. The Bertz CT molecular complexity index is 953. The van der Waals surface area contributed by atoms with Crippen molar-refractivity contribution in [1.29, 1.82) is 0 Å². The summed E-state index contributed by atoms with van der Waals surface area (Å²) in [5, 5.41) is 2.83. The van der Waals surface area contributed by atoms with Crippen LogP contribution in [0.3, 0.4) is 0 Å². The molecule has 0 aliphatic rings. The third-order valence-corrected chi connectivity index (χ3v) is 4.41. The predicted octanol–water partition coefficient (Wildman–Crippen LogP) is 2.88. The fraction of sp³-hybridized carbons (Fsp3) is 0.316. The lowest BCUT2D eigenvalue weighted by Gasteiger charge is -2.13. The van der Waals surface area contributed by atoms with Crippen molar-refractivity contribution in [1.82, 2.24) is 4.98 Å². The zero-order chi connectivity index (χ0) is 21.7. The number of aryl methyl sites for hydroxylation is 1. The maximum absolute atomic E-state index is 12.3. The molecule has 0 bridgehead atoms. The second-order valence-corrected chi connectivity index (χ2v) is 6.34. The molecule has 156 valence electrons. The lowest BCUT2D eigenvalue weighted by atomic mass is 10.1. The van der Waals surface area contributed by atoms with Crippen LogP contribution in [0.5, 0.6) is 11.5 Å². The summed E-state index contributed by atoms with van der Waals surface area (Å²) < 4.78 is 20.0. The molecule has 0 atom stereocenters. The van der Waals surface area contributed by atoms with Crippen LogP contribution in [0.2, 0.25) is 5.02 Å². The number of ether oxygens (including phenoxy) is 4. The van der Waals surface area contributed by atoms with Crippen molar-refractivity contribution in [2.75, 3.05) is 33.3 Å². The molecule has 9 nitrogen and oxygen atoms in total. The third-order valence-electron chi connectivity index (χ3n) is 4.11. The molecule has 10 heteroatoms. The Morgan fingerprint density at radius 1 is 1.03 bits per heavy atom. The molecule has 29 heavy (non-hydrogen) atoms. The molecule has 0 fully saturated rings. The second kappa shape index (κ2) is 9.33. The summed E-state index contributed by atoms with van der Waals surface area (Å²) in [6.45, 7) is 2.65. The van der Waals surface area contributed by atoms with Gasteiger partial charge in [0, 0.05) is 11.8 Å². The molecule has 2 N–H and O–H groups in total. The molecule has 1 aromatic carbocycles. The summed E-state index contributed by atoms with van der Waals surface area (Å²) in [4.78, 5) is 39.1. The number of benzene rings is 1. The van der Waals surface area contributed by atoms with E-state index in [-0.39, 0.29) is 16.3 Å². The van der Waals surface area contributed by atoms with E-state index in [1.165, 1.54) is 33.5 Å². The van der Waals surface area contributed by atoms with E-state index in [4.69, 9.17) is 30.5 Å². The predicted molar refractivity (Wildman–Crippen MR) is 105 cm³/mol. The number of H-pyrrole nitrogens is 1. The number of carbonyl (C=O) groups excluding carboxylic acids is 3. The highest BCUT2D eigenvalue weighted by atomic mass is 35.5. The Labute approximate surface area is 172 Å².